The van der Waals surface area contributed by atoms with E-state index in [0.717, 1.165) is 25.3 Å². The zero-order valence-corrected chi connectivity index (χ0v) is 13.1. The monoisotopic (exact) mass is 273 g/mol. The Labute approximate surface area is 122 Å². The highest BCUT2D eigenvalue weighted by atomic mass is 16.5. The molecule has 1 unspecified atom stereocenters. The van der Waals surface area contributed by atoms with Crippen LogP contribution in [-0.2, 0) is 6.42 Å². The van der Waals surface area contributed by atoms with Crippen molar-refractivity contribution >= 4 is 5.69 Å². The van der Waals surface area contributed by atoms with Crippen LogP contribution in [0.2, 0.25) is 0 Å². The second kappa shape index (κ2) is 4.98. The molecule has 1 N–H and O–H groups in total. The zero-order chi connectivity index (χ0) is 14.2. The molecule has 0 aromatic heterocycles. The maximum absolute atomic E-state index is 6.24. The summed E-state index contributed by atoms with van der Waals surface area (Å²) in [7, 11) is 0. The van der Waals surface area contributed by atoms with Gasteiger partial charge in [0.15, 0.2) is 0 Å². The molecule has 1 aliphatic heterocycles. The third kappa shape index (κ3) is 2.79. The van der Waals surface area contributed by atoms with Gasteiger partial charge in [-0.2, -0.15) is 0 Å². The highest BCUT2D eigenvalue weighted by Gasteiger charge is 2.40. The molecule has 0 spiro atoms. The molecule has 1 aliphatic carbocycles. The summed E-state index contributed by atoms with van der Waals surface area (Å²) in [6.45, 7) is 9.09. The predicted molar refractivity (Wildman–Crippen MR) is 84.5 cm³/mol. The maximum atomic E-state index is 6.24. The highest BCUT2D eigenvalue weighted by Crippen LogP contribution is 2.49. The number of hydrogen-bond donors (Lipinski definition) is 1. The topological polar surface area (TPSA) is 21.3 Å². The fourth-order valence-corrected chi connectivity index (χ4v) is 3.96. The zero-order valence-electron chi connectivity index (χ0n) is 13.1. The fraction of sp³-hybridized carbons (Fsp3) is 0.667. The summed E-state index contributed by atoms with van der Waals surface area (Å²) >= 11 is 0. The molecular weight excluding hydrogens is 246 g/mol. The third-order valence-electron chi connectivity index (χ3n) is 4.94. The lowest BCUT2D eigenvalue weighted by Crippen LogP contribution is -2.24. The summed E-state index contributed by atoms with van der Waals surface area (Å²) in [5.41, 5.74) is 3.47. The SMILES string of the molecule is CC1(C)CCC(C)(COc2cccc3c2CCCN3)C1. The van der Waals surface area contributed by atoms with Crippen LogP contribution in [0.5, 0.6) is 5.75 Å². The molecule has 2 aliphatic rings. The summed E-state index contributed by atoms with van der Waals surface area (Å²) in [4.78, 5) is 0. The first-order valence-corrected chi connectivity index (χ1v) is 7.96. The van der Waals surface area contributed by atoms with Crippen LogP contribution in [0.3, 0.4) is 0 Å². The molecule has 0 bridgehead atoms. The average molecular weight is 273 g/mol. The van der Waals surface area contributed by atoms with Gasteiger partial charge < -0.3 is 10.1 Å². The molecule has 1 saturated carbocycles. The molecule has 0 saturated heterocycles. The Morgan fingerprint density at radius 2 is 2.05 bits per heavy atom. The summed E-state index contributed by atoms with van der Waals surface area (Å²) in [6.07, 6.45) is 6.22. The second-order valence-corrected chi connectivity index (χ2v) is 7.75. The van der Waals surface area contributed by atoms with Crippen molar-refractivity contribution < 1.29 is 4.74 Å². The molecule has 2 nitrogen and oxygen atoms in total. The quantitative estimate of drug-likeness (QED) is 0.866. The van der Waals surface area contributed by atoms with Crippen LogP contribution in [0, 0.1) is 10.8 Å². The molecular formula is C18H27NO. The number of hydrogen-bond acceptors (Lipinski definition) is 2. The Kier molecular flexibility index (Phi) is 3.43. The number of fused-ring (bicyclic) bond motifs is 1. The van der Waals surface area contributed by atoms with Gasteiger partial charge in [0.2, 0.25) is 0 Å². The Bertz CT molecular complexity index is 494. The summed E-state index contributed by atoms with van der Waals surface area (Å²) in [5.74, 6) is 1.10. The second-order valence-electron chi connectivity index (χ2n) is 7.75. The Morgan fingerprint density at radius 3 is 2.80 bits per heavy atom. The van der Waals surface area contributed by atoms with E-state index in [4.69, 9.17) is 4.74 Å². The van der Waals surface area contributed by atoms with Gasteiger partial charge >= 0.3 is 0 Å². The van der Waals surface area contributed by atoms with E-state index in [-0.39, 0.29) is 0 Å². The minimum atomic E-state index is 0.342. The molecule has 0 amide bonds. The van der Waals surface area contributed by atoms with Gasteiger partial charge in [-0.15, -0.1) is 0 Å². The molecule has 1 atom stereocenters. The van der Waals surface area contributed by atoms with Crippen molar-refractivity contribution in [2.24, 2.45) is 10.8 Å². The van der Waals surface area contributed by atoms with Crippen molar-refractivity contribution in [3.05, 3.63) is 23.8 Å². The third-order valence-corrected chi connectivity index (χ3v) is 4.94. The van der Waals surface area contributed by atoms with Crippen LogP contribution in [0.1, 0.15) is 52.0 Å². The largest absolute Gasteiger partial charge is 0.493 e. The fourth-order valence-electron chi connectivity index (χ4n) is 3.96. The molecule has 0 radical (unpaired) electrons. The standard InChI is InChI=1S/C18H27NO/c1-17(2)9-10-18(3,12-17)13-20-16-8-4-7-15-14(16)6-5-11-19-15/h4,7-8,19H,5-6,9-13H2,1-3H3. The van der Waals surface area contributed by atoms with Crippen LogP contribution in [-0.4, -0.2) is 13.2 Å². The van der Waals surface area contributed by atoms with E-state index in [2.05, 4.69) is 44.3 Å². The predicted octanol–water partition coefficient (Wildman–Crippen LogP) is 4.64. The van der Waals surface area contributed by atoms with E-state index in [9.17, 15) is 0 Å². The Balaban J connectivity index is 1.70. The van der Waals surface area contributed by atoms with Crippen LogP contribution < -0.4 is 10.1 Å². The molecule has 110 valence electrons. The van der Waals surface area contributed by atoms with Crippen molar-refractivity contribution in [1.29, 1.82) is 0 Å². The van der Waals surface area contributed by atoms with E-state index in [0.29, 0.717) is 10.8 Å². The average Bonchev–Trinajstić information content (AvgIpc) is 2.71. The van der Waals surface area contributed by atoms with Gasteiger partial charge in [-0.3, -0.25) is 0 Å². The van der Waals surface area contributed by atoms with E-state index >= 15 is 0 Å². The van der Waals surface area contributed by atoms with Crippen LogP contribution >= 0.6 is 0 Å². The first-order chi connectivity index (χ1) is 9.48. The first kappa shape index (κ1) is 13.8. The summed E-state index contributed by atoms with van der Waals surface area (Å²) < 4.78 is 6.24. The minimum absolute atomic E-state index is 0.342. The van der Waals surface area contributed by atoms with E-state index in [1.807, 2.05) is 0 Å². The minimum Gasteiger partial charge on any atom is -0.493 e. The molecule has 1 heterocycles. The number of anilines is 1. The lowest BCUT2D eigenvalue weighted by atomic mass is 9.84. The van der Waals surface area contributed by atoms with Crippen molar-refractivity contribution in [2.45, 2.75) is 52.9 Å². The van der Waals surface area contributed by atoms with Crippen molar-refractivity contribution in [3.63, 3.8) is 0 Å². The number of ether oxygens (including phenoxy) is 1. The highest BCUT2D eigenvalue weighted by molar-refractivity contribution is 5.59. The molecule has 1 aromatic rings. The van der Waals surface area contributed by atoms with Gasteiger partial charge in [0, 0.05) is 23.2 Å². The van der Waals surface area contributed by atoms with Gasteiger partial charge in [0.25, 0.3) is 0 Å². The number of nitrogens with one attached hydrogen (secondary N) is 1. The van der Waals surface area contributed by atoms with Gasteiger partial charge in [-0.25, -0.2) is 0 Å². The van der Waals surface area contributed by atoms with Gasteiger partial charge in [0.1, 0.15) is 5.75 Å². The molecule has 2 heteroatoms. The number of benzene rings is 1. The summed E-state index contributed by atoms with van der Waals surface area (Å²) in [5, 5.41) is 3.47. The van der Waals surface area contributed by atoms with Crippen LogP contribution in [0.15, 0.2) is 18.2 Å². The van der Waals surface area contributed by atoms with Gasteiger partial charge in [-0.1, -0.05) is 26.8 Å². The van der Waals surface area contributed by atoms with Gasteiger partial charge in [0.05, 0.1) is 6.61 Å². The maximum Gasteiger partial charge on any atom is 0.124 e. The normalized spacial score (nSPS) is 27.8. The van der Waals surface area contributed by atoms with E-state index in [1.54, 1.807) is 0 Å². The first-order valence-electron chi connectivity index (χ1n) is 7.96. The molecule has 3 rings (SSSR count). The molecule has 20 heavy (non-hydrogen) atoms. The lowest BCUT2D eigenvalue weighted by Gasteiger charge is -2.28. The lowest BCUT2D eigenvalue weighted by molar-refractivity contribution is 0.153. The van der Waals surface area contributed by atoms with Crippen molar-refractivity contribution in [1.82, 2.24) is 0 Å². The van der Waals surface area contributed by atoms with Crippen LogP contribution in [0.4, 0.5) is 5.69 Å². The summed E-state index contributed by atoms with van der Waals surface area (Å²) in [6, 6.07) is 6.41. The van der Waals surface area contributed by atoms with Crippen molar-refractivity contribution in [3.8, 4) is 5.75 Å². The van der Waals surface area contributed by atoms with E-state index in [1.165, 1.54) is 36.9 Å². The molecule has 1 aromatic carbocycles. The van der Waals surface area contributed by atoms with Crippen molar-refractivity contribution in [2.75, 3.05) is 18.5 Å². The Hall–Kier alpha value is -1.18. The smallest absolute Gasteiger partial charge is 0.124 e. The van der Waals surface area contributed by atoms with E-state index < -0.39 is 0 Å². The van der Waals surface area contributed by atoms with Gasteiger partial charge in [-0.05, 0) is 49.7 Å². The number of rotatable bonds is 3. The van der Waals surface area contributed by atoms with Crippen LogP contribution in [0.25, 0.3) is 0 Å². The molecule has 1 fully saturated rings. The Morgan fingerprint density at radius 1 is 1.20 bits per heavy atom.